The summed E-state index contributed by atoms with van der Waals surface area (Å²) in [5, 5.41) is 5.16. The molecule has 2 aliphatic carbocycles. The van der Waals surface area contributed by atoms with Gasteiger partial charge in [0, 0.05) is 57.6 Å². The highest BCUT2D eigenvalue weighted by atomic mass is 15.0. The van der Waals surface area contributed by atoms with Crippen molar-refractivity contribution < 1.29 is 0 Å². The van der Waals surface area contributed by atoms with Crippen molar-refractivity contribution in [2.75, 3.05) is 6.54 Å². The predicted octanol–water partition coefficient (Wildman–Crippen LogP) is 10.1. The van der Waals surface area contributed by atoms with Crippen molar-refractivity contribution in [1.29, 1.82) is 0 Å². The van der Waals surface area contributed by atoms with Crippen LogP contribution in [0.15, 0.2) is 145 Å². The molecule has 48 heavy (non-hydrogen) atoms. The maximum Gasteiger partial charge on any atom is 0.0541 e. The van der Waals surface area contributed by atoms with Crippen molar-refractivity contribution in [3.63, 3.8) is 0 Å². The summed E-state index contributed by atoms with van der Waals surface area (Å²) in [6.07, 6.45) is 8.84. The molecule has 0 aliphatic heterocycles. The van der Waals surface area contributed by atoms with E-state index in [0.29, 0.717) is 24.3 Å². The third-order valence-electron chi connectivity index (χ3n) is 11.3. The van der Waals surface area contributed by atoms with Gasteiger partial charge in [-0.15, -0.1) is 0 Å². The van der Waals surface area contributed by atoms with Gasteiger partial charge < -0.3 is 14.9 Å². The van der Waals surface area contributed by atoms with Crippen LogP contribution in [0.4, 0.5) is 0 Å². The Morgan fingerprint density at radius 3 is 2.21 bits per heavy atom. The molecule has 8 aromatic rings. The Bertz CT molecular complexity index is 2540. The van der Waals surface area contributed by atoms with Crippen LogP contribution in [0.5, 0.6) is 0 Å². The molecule has 0 bridgehead atoms. The van der Waals surface area contributed by atoms with Gasteiger partial charge in [-0.25, -0.2) is 0 Å². The van der Waals surface area contributed by atoms with Gasteiger partial charge >= 0.3 is 0 Å². The van der Waals surface area contributed by atoms with Crippen LogP contribution in [-0.2, 0) is 6.54 Å². The standard InChI is InChI=1S/C44H36N4/c45-25-38-39-26-46-22-21-32(39)36-14-8-9-30(44(36)38)27-47-40-15-6-4-12-33(40)35-19-17-29(24-43(35)47)28-18-20-42-37(23-28)34-13-5-7-16-41(34)48(42)31-10-2-1-3-11-31/h1-7,9-13,15-24,26,36,38,44H,8,14,25,27,45H2. The fourth-order valence-electron chi connectivity index (χ4n) is 9.20. The van der Waals surface area contributed by atoms with Gasteiger partial charge in [-0.2, -0.15) is 0 Å². The first-order valence-electron chi connectivity index (χ1n) is 17.2. The van der Waals surface area contributed by atoms with E-state index in [4.69, 9.17) is 5.73 Å². The van der Waals surface area contributed by atoms with Gasteiger partial charge in [0.25, 0.3) is 0 Å². The number of rotatable bonds is 5. The van der Waals surface area contributed by atoms with Crippen LogP contribution < -0.4 is 5.73 Å². The molecule has 2 aliphatic rings. The van der Waals surface area contributed by atoms with Gasteiger partial charge in [0.05, 0.1) is 16.6 Å². The molecular formula is C44H36N4. The number of aromatic nitrogens is 3. The van der Waals surface area contributed by atoms with Gasteiger partial charge in [0.2, 0.25) is 0 Å². The number of hydrogen-bond acceptors (Lipinski definition) is 2. The molecule has 0 amide bonds. The van der Waals surface area contributed by atoms with Crippen LogP contribution in [0.2, 0.25) is 0 Å². The highest BCUT2D eigenvalue weighted by molar-refractivity contribution is 6.12. The van der Waals surface area contributed by atoms with E-state index in [0.717, 1.165) is 13.0 Å². The highest BCUT2D eigenvalue weighted by Crippen LogP contribution is 2.53. The Morgan fingerprint density at radius 2 is 1.35 bits per heavy atom. The minimum absolute atomic E-state index is 0.318. The molecule has 0 spiro atoms. The first-order chi connectivity index (χ1) is 23.8. The van der Waals surface area contributed by atoms with Crippen molar-refractivity contribution in [3.05, 3.63) is 156 Å². The monoisotopic (exact) mass is 620 g/mol. The molecule has 0 saturated heterocycles. The predicted molar refractivity (Wildman–Crippen MR) is 199 cm³/mol. The average molecular weight is 621 g/mol. The lowest BCUT2D eigenvalue weighted by Gasteiger charge is -2.32. The summed E-state index contributed by atoms with van der Waals surface area (Å²) < 4.78 is 4.95. The summed E-state index contributed by atoms with van der Waals surface area (Å²) >= 11 is 0. The number of nitrogens with two attached hydrogens (primary N) is 1. The maximum atomic E-state index is 6.50. The van der Waals surface area contributed by atoms with E-state index in [-0.39, 0.29) is 0 Å². The van der Waals surface area contributed by atoms with Crippen LogP contribution in [0.25, 0.3) is 60.4 Å². The average Bonchev–Trinajstić information content (AvgIpc) is 3.77. The Labute approximate surface area is 279 Å². The van der Waals surface area contributed by atoms with Crippen LogP contribution >= 0.6 is 0 Å². The largest absolute Gasteiger partial charge is 0.336 e. The van der Waals surface area contributed by atoms with Gasteiger partial charge in [0.15, 0.2) is 0 Å². The molecule has 0 fully saturated rings. The van der Waals surface area contributed by atoms with E-state index in [1.165, 1.54) is 83.5 Å². The molecule has 4 heteroatoms. The van der Waals surface area contributed by atoms with E-state index >= 15 is 0 Å². The molecule has 3 unspecified atom stereocenters. The molecule has 4 nitrogen and oxygen atoms in total. The van der Waals surface area contributed by atoms with E-state index in [1.54, 1.807) is 0 Å². The molecule has 232 valence electrons. The normalized spacial score (nSPS) is 18.9. The van der Waals surface area contributed by atoms with Gasteiger partial charge in [0.1, 0.15) is 0 Å². The molecule has 3 aromatic heterocycles. The molecule has 0 saturated carbocycles. The number of nitrogens with zero attached hydrogens (tertiary/aromatic N) is 3. The maximum absolute atomic E-state index is 6.50. The smallest absolute Gasteiger partial charge is 0.0541 e. The topological polar surface area (TPSA) is 48.8 Å². The highest BCUT2D eigenvalue weighted by Gasteiger charge is 2.43. The summed E-state index contributed by atoms with van der Waals surface area (Å²) in [6.45, 7) is 1.52. The van der Waals surface area contributed by atoms with Crippen LogP contribution in [0.3, 0.4) is 0 Å². The first-order valence-corrected chi connectivity index (χ1v) is 17.2. The van der Waals surface area contributed by atoms with Gasteiger partial charge in [-0.05, 0) is 102 Å². The van der Waals surface area contributed by atoms with E-state index in [9.17, 15) is 0 Å². The third kappa shape index (κ3) is 4.02. The second-order valence-corrected chi connectivity index (χ2v) is 13.6. The first kappa shape index (κ1) is 27.6. The summed E-state index contributed by atoms with van der Waals surface area (Å²) in [5.41, 5.74) is 19.5. The molecule has 2 N–H and O–H groups in total. The minimum Gasteiger partial charge on any atom is -0.336 e. The number of pyridine rings is 1. The Hall–Kier alpha value is -5.45. The molecule has 3 heterocycles. The van der Waals surface area contributed by atoms with Crippen molar-refractivity contribution in [2.45, 2.75) is 31.2 Å². The van der Waals surface area contributed by atoms with Crippen LogP contribution in [0.1, 0.15) is 35.8 Å². The Balaban J connectivity index is 1.11. The van der Waals surface area contributed by atoms with Crippen molar-refractivity contribution >= 4 is 43.6 Å². The zero-order chi connectivity index (χ0) is 31.8. The molecule has 5 aromatic carbocycles. The van der Waals surface area contributed by atoms with Crippen molar-refractivity contribution in [3.8, 4) is 16.8 Å². The summed E-state index contributed by atoms with van der Waals surface area (Å²) in [6, 6.07) is 44.6. The lowest BCUT2D eigenvalue weighted by Crippen LogP contribution is -2.25. The van der Waals surface area contributed by atoms with Gasteiger partial charge in [-0.3, -0.25) is 4.98 Å². The molecule has 3 atom stereocenters. The minimum atomic E-state index is 0.318. The lowest BCUT2D eigenvalue weighted by atomic mass is 9.75. The molecule has 0 radical (unpaired) electrons. The quantitative estimate of drug-likeness (QED) is 0.195. The SMILES string of the molecule is NCC1c2cnccc2C2CCC=C(Cn3c4ccccc4c4ccc(-c5ccc6c(c5)c5ccccc5n6-c5ccccc5)cc43)C12. The fraction of sp³-hybridized carbons (Fsp3) is 0.159. The summed E-state index contributed by atoms with van der Waals surface area (Å²) in [4.78, 5) is 4.50. The molecule has 10 rings (SSSR count). The summed E-state index contributed by atoms with van der Waals surface area (Å²) in [7, 11) is 0. The summed E-state index contributed by atoms with van der Waals surface area (Å²) in [5.74, 6) is 1.26. The van der Waals surface area contributed by atoms with E-state index in [2.05, 4.69) is 148 Å². The fourth-order valence-corrected chi connectivity index (χ4v) is 9.20. The Morgan fingerprint density at radius 1 is 0.646 bits per heavy atom. The van der Waals surface area contributed by atoms with Crippen molar-refractivity contribution in [1.82, 2.24) is 14.1 Å². The number of fused-ring (bicyclic) bond motifs is 9. The zero-order valence-electron chi connectivity index (χ0n) is 26.8. The number of hydrogen-bond donors (Lipinski definition) is 1. The van der Waals surface area contributed by atoms with E-state index < -0.39 is 0 Å². The second kappa shape index (κ2) is 10.8. The van der Waals surface area contributed by atoms with Crippen LogP contribution in [-0.4, -0.2) is 20.7 Å². The number of allylic oxidation sites excluding steroid dienone is 2. The van der Waals surface area contributed by atoms with Gasteiger partial charge in [-0.1, -0.05) is 84.4 Å². The van der Waals surface area contributed by atoms with Crippen LogP contribution in [0, 0.1) is 5.92 Å². The lowest BCUT2D eigenvalue weighted by molar-refractivity contribution is 0.397. The zero-order valence-corrected chi connectivity index (χ0v) is 26.8. The van der Waals surface area contributed by atoms with E-state index in [1.807, 2.05) is 6.20 Å². The third-order valence-corrected chi connectivity index (χ3v) is 11.3. The Kier molecular flexibility index (Phi) is 6.22. The number of benzene rings is 5. The second-order valence-electron chi connectivity index (χ2n) is 13.6. The molecular weight excluding hydrogens is 585 g/mol. The number of para-hydroxylation sites is 3. The van der Waals surface area contributed by atoms with Crippen molar-refractivity contribution in [2.24, 2.45) is 11.7 Å².